The molecule has 0 saturated carbocycles. The van der Waals surface area contributed by atoms with Crippen LogP contribution >= 0.6 is 11.6 Å². The second-order valence-electron chi connectivity index (χ2n) is 7.78. The molecule has 0 radical (unpaired) electrons. The summed E-state index contributed by atoms with van der Waals surface area (Å²) in [6.45, 7) is 8.52. The van der Waals surface area contributed by atoms with Crippen LogP contribution in [-0.4, -0.2) is 47.9 Å². The first kappa shape index (κ1) is 18.7. The van der Waals surface area contributed by atoms with Gasteiger partial charge >= 0.3 is 0 Å². The normalized spacial score (nSPS) is 18.4. The Kier molecular flexibility index (Phi) is 4.54. The van der Waals surface area contributed by atoms with Crippen molar-refractivity contribution in [2.24, 2.45) is 0 Å². The highest BCUT2D eigenvalue weighted by molar-refractivity contribution is 6.31. The van der Waals surface area contributed by atoms with Crippen LogP contribution in [0, 0.1) is 0 Å². The third-order valence-electron chi connectivity index (χ3n) is 5.69. The zero-order chi connectivity index (χ0) is 20.1. The van der Waals surface area contributed by atoms with Crippen LogP contribution in [-0.2, 0) is 10.3 Å². The lowest BCUT2D eigenvalue weighted by Crippen LogP contribution is -2.48. The molecule has 2 amide bonds. The van der Waals surface area contributed by atoms with Crippen molar-refractivity contribution in [2.75, 3.05) is 36.0 Å². The fourth-order valence-corrected chi connectivity index (χ4v) is 4.31. The molecule has 1 fully saturated rings. The summed E-state index contributed by atoms with van der Waals surface area (Å²) >= 11 is 6.18. The number of nitrogens with zero attached hydrogens (tertiary/aromatic N) is 4. The zero-order valence-corrected chi connectivity index (χ0v) is 17.0. The summed E-state index contributed by atoms with van der Waals surface area (Å²) in [6.07, 6.45) is 3.53. The second-order valence-corrected chi connectivity index (χ2v) is 8.22. The lowest BCUT2D eigenvalue weighted by molar-refractivity contribution is -0.129. The van der Waals surface area contributed by atoms with Gasteiger partial charge in [0.1, 0.15) is 0 Å². The molecule has 2 aromatic rings. The molecule has 2 aliphatic rings. The van der Waals surface area contributed by atoms with E-state index in [1.165, 1.54) is 0 Å². The van der Waals surface area contributed by atoms with E-state index in [1.807, 2.05) is 37.1 Å². The van der Waals surface area contributed by atoms with Gasteiger partial charge in [0.05, 0.1) is 29.3 Å². The number of carbonyl (C=O) groups excluding carboxylic acids is 2. The molecule has 2 aliphatic heterocycles. The van der Waals surface area contributed by atoms with Crippen LogP contribution in [0.3, 0.4) is 0 Å². The van der Waals surface area contributed by atoms with Crippen LogP contribution in [0.5, 0.6) is 0 Å². The smallest absolute Gasteiger partial charge is 0.259 e. The van der Waals surface area contributed by atoms with E-state index < -0.39 is 5.54 Å². The average Bonchev–Trinajstić information content (AvgIpc) is 2.87. The van der Waals surface area contributed by atoms with Crippen molar-refractivity contribution in [1.82, 2.24) is 9.88 Å². The van der Waals surface area contributed by atoms with E-state index in [0.29, 0.717) is 23.7 Å². The largest absolute Gasteiger partial charge is 0.367 e. The highest BCUT2D eigenvalue weighted by atomic mass is 35.5. The Morgan fingerprint density at radius 2 is 1.75 bits per heavy atom. The first-order valence-electron chi connectivity index (χ1n) is 9.39. The van der Waals surface area contributed by atoms with Gasteiger partial charge in [-0.25, -0.2) is 0 Å². The number of aromatic nitrogens is 1. The molecule has 0 unspecified atom stereocenters. The average molecular weight is 399 g/mol. The zero-order valence-electron chi connectivity index (χ0n) is 16.3. The molecule has 4 rings (SSSR count). The molecular weight excluding hydrogens is 376 g/mol. The van der Waals surface area contributed by atoms with E-state index in [2.05, 4.69) is 9.88 Å². The molecular formula is C21H23ClN4O2. The molecule has 3 heterocycles. The number of benzene rings is 1. The van der Waals surface area contributed by atoms with Crippen LogP contribution in [0.4, 0.5) is 11.4 Å². The van der Waals surface area contributed by atoms with Gasteiger partial charge < -0.3 is 9.80 Å². The number of fused-ring (bicyclic) bond motifs is 1. The quantitative estimate of drug-likeness (QED) is 0.778. The molecule has 0 spiro atoms. The predicted octanol–water partition coefficient (Wildman–Crippen LogP) is 3.30. The van der Waals surface area contributed by atoms with E-state index in [-0.39, 0.29) is 11.8 Å². The summed E-state index contributed by atoms with van der Waals surface area (Å²) < 4.78 is 0. The van der Waals surface area contributed by atoms with Gasteiger partial charge in [-0.1, -0.05) is 11.6 Å². The van der Waals surface area contributed by atoms with E-state index in [0.717, 1.165) is 30.0 Å². The van der Waals surface area contributed by atoms with Crippen LogP contribution in [0.2, 0.25) is 5.02 Å². The highest BCUT2D eigenvalue weighted by Gasteiger charge is 2.44. The number of piperazine rings is 1. The van der Waals surface area contributed by atoms with Crippen LogP contribution in [0.15, 0.2) is 36.7 Å². The molecule has 1 aromatic carbocycles. The van der Waals surface area contributed by atoms with Gasteiger partial charge in [-0.05, 0) is 43.7 Å². The molecule has 1 aromatic heterocycles. The summed E-state index contributed by atoms with van der Waals surface area (Å²) in [4.78, 5) is 34.9. The van der Waals surface area contributed by atoms with E-state index in [1.54, 1.807) is 30.2 Å². The maximum Gasteiger partial charge on any atom is 0.259 e. The Morgan fingerprint density at radius 1 is 1.07 bits per heavy atom. The standard InChI is InChI=1S/C21H23ClN4O2/c1-14(27)24-6-8-25(9-7-24)16-11-17(13-23-12-16)26-20(28)18-5-4-15(22)10-19(18)21(26,2)3/h4-5,10-13H,6-9H2,1-3H3. The van der Waals surface area contributed by atoms with Crippen LogP contribution in [0.1, 0.15) is 36.7 Å². The van der Waals surface area contributed by atoms with Crippen molar-refractivity contribution >= 4 is 34.8 Å². The Morgan fingerprint density at radius 3 is 2.43 bits per heavy atom. The van der Waals surface area contributed by atoms with Gasteiger partial charge in [0.15, 0.2) is 0 Å². The minimum absolute atomic E-state index is 0.0444. The van der Waals surface area contributed by atoms with E-state index in [4.69, 9.17) is 11.6 Å². The number of carbonyl (C=O) groups is 2. The molecule has 7 heteroatoms. The lowest BCUT2D eigenvalue weighted by Gasteiger charge is -2.36. The number of hydrogen-bond acceptors (Lipinski definition) is 4. The van der Waals surface area contributed by atoms with E-state index >= 15 is 0 Å². The molecule has 0 aliphatic carbocycles. The minimum atomic E-state index is -0.523. The van der Waals surface area contributed by atoms with Crippen LogP contribution < -0.4 is 9.80 Å². The molecule has 0 bridgehead atoms. The predicted molar refractivity (Wildman–Crippen MR) is 110 cm³/mol. The van der Waals surface area contributed by atoms with Crippen molar-refractivity contribution in [3.63, 3.8) is 0 Å². The summed E-state index contributed by atoms with van der Waals surface area (Å²) in [6, 6.07) is 7.41. The van der Waals surface area contributed by atoms with Crippen LogP contribution in [0.25, 0.3) is 0 Å². The molecule has 1 saturated heterocycles. The minimum Gasteiger partial charge on any atom is -0.367 e. The van der Waals surface area contributed by atoms with Gasteiger partial charge in [-0.2, -0.15) is 0 Å². The molecule has 0 N–H and O–H groups in total. The first-order chi connectivity index (χ1) is 13.3. The maximum atomic E-state index is 13.1. The van der Waals surface area contributed by atoms with Crippen molar-refractivity contribution in [2.45, 2.75) is 26.3 Å². The number of amides is 2. The summed E-state index contributed by atoms with van der Waals surface area (Å²) in [7, 11) is 0. The van der Waals surface area contributed by atoms with Crippen molar-refractivity contribution in [3.8, 4) is 0 Å². The van der Waals surface area contributed by atoms with Crippen molar-refractivity contribution in [3.05, 3.63) is 52.8 Å². The van der Waals surface area contributed by atoms with Crippen molar-refractivity contribution in [1.29, 1.82) is 0 Å². The summed E-state index contributed by atoms with van der Waals surface area (Å²) in [5.41, 5.74) is 2.79. The Bertz CT molecular complexity index is 951. The number of halogens is 1. The Balaban J connectivity index is 1.64. The van der Waals surface area contributed by atoms with Gasteiger partial charge in [0, 0.05) is 43.7 Å². The summed E-state index contributed by atoms with van der Waals surface area (Å²) in [5.74, 6) is 0.0596. The fraction of sp³-hybridized carbons (Fsp3) is 0.381. The number of rotatable bonds is 2. The third-order valence-corrected chi connectivity index (χ3v) is 5.93. The number of anilines is 2. The van der Waals surface area contributed by atoms with Gasteiger partial charge in [-0.3, -0.25) is 19.5 Å². The van der Waals surface area contributed by atoms with Gasteiger partial charge in [-0.15, -0.1) is 0 Å². The molecule has 28 heavy (non-hydrogen) atoms. The topological polar surface area (TPSA) is 56.8 Å². The summed E-state index contributed by atoms with van der Waals surface area (Å²) in [5, 5.41) is 0.622. The Hall–Kier alpha value is -2.60. The first-order valence-corrected chi connectivity index (χ1v) is 9.77. The monoisotopic (exact) mass is 398 g/mol. The third kappa shape index (κ3) is 3.02. The SMILES string of the molecule is CC(=O)N1CCN(c2cncc(N3C(=O)c4ccc(Cl)cc4C3(C)C)c2)CC1. The Labute approximate surface area is 169 Å². The van der Waals surface area contributed by atoms with Gasteiger partial charge in [0.25, 0.3) is 5.91 Å². The molecule has 6 nitrogen and oxygen atoms in total. The highest BCUT2D eigenvalue weighted by Crippen LogP contribution is 2.43. The molecule has 146 valence electrons. The number of pyridine rings is 1. The fourth-order valence-electron chi connectivity index (χ4n) is 4.13. The van der Waals surface area contributed by atoms with Gasteiger partial charge in [0.2, 0.25) is 5.91 Å². The van der Waals surface area contributed by atoms with E-state index in [9.17, 15) is 9.59 Å². The second kappa shape index (κ2) is 6.78. The number of hydrogen-bond donors (Lipinski definition) is 0. The van der Waals surface area contributed by atoms with Crippen molar-refractivity contribution < 1.29 is 9.59 Å². The molecule has 0 atom stereocenters. The lowest BCUT2D eigenvalue weighted by atomic mass is 9.93. The maximum absolute atomic E-state index is 13.1.